The second-order valence-corrected chi connectivity index (χ2v) is 6.05. The van der Waals surface area contributed by atoms with Crippen LogP contribution in [0.5, 0.6) is 0 Å². The summed E-state index contributed by atoms with van der Waals surface area (Å²) in [6.07, 6.45) is 0. The predicted octanol–water partition coefficient (Wildman–Crippen LogP) is -1.33. The normalized spacial score (nSPS) is 12.2. The number of nitrogens with zero attached hydrogens (tertiary/aromatic N) is 1. The number of hydrogen-bond donors (Lipinski definition) is 4. The van der Waals surface area contributed by atoms with Crippen LogP contribution >= 0.6 is 11.3 Å². The molecule has 92 valence electrons. The maximum absolute atomic E-state index is 11.8. The largest absolute Gasteiger partial charge is 0.395 e. The number of sulfonamides is 1. The fourth-order valence-corrected chi connectivity index (χ4v) is 3.59. The number of aryl methyl sites for hydroxylation is 1. The lowest BCUT2D eigenvalue weighted by atomic mass is 10.4. The molecule has 0 amide bonds. The van der Waals surface area contributed by atoms with E-state index in [0.717, 1.165) is 11.3 Å². The van der Waals surface area contributed by atoms with E-state index in [4.69, 9.17) is 15.9 Å². The predicted molar refractivity (Wildman–Crippen MR) is 59.5 cm³/mol. The van der Waals surface area contributed by atoms with Crippen molar-refractivity contribution >= 4 is 26.5 Å². The van der Waals surface area contributed by atoms with Crippen LogP contribution in [0.1, 0.15) is 5.69 Å². The van der Waals surface area contributed by atoms with Gasteiger partial charge in [-0.1, -0.05) is 11.3 Å². The van der Waals surface area contributed by atoms with E-state index in [1.807, 2.05) is 0 Å². The number of nitrogen functional groups attached to an aromatic ring is 1. The second kappa shape index (κ2) is 5.06. The van der Waals surface area contributed by atoms with E-state index in [0.29, 0.717) is 5.69 Å². The van der Waals surface area contributed by atoms with E-state index in [2.05, 4.69) is 9.71 Å². The summed E-state index contributed by atoms with van der Waals surface area (Å²) in [5.74, 6) is 0. The van der Waals surface area contributed by atoms with E-state index in [-0.39, 0.29) is 9.34 Å². The topological polar surface area (TPSA) is 126 Å². The van der Waals surface area contributed by atoms with Gasteiger partial charge >= 0.3 is 0 Å². The zero-order valence-corrected chi connectivity index (χ0v) is 10.2. The average Bonchev–Trinajstić information content (AvgIpc) is 2.55. The maximum atomic E-state index is 11.8. The highest BCUT2D eigenvalue weighted by atomic mass is 32.2. The van der Waals surface area contributed by atoms with Gasteiger partial charge in [0.05, 0.1) is 24.9 Å². The first-order chi connectivity index (χ1) is 7.40. The highest BCUT2D eigenvalue weighted by molar-refractivity contribution is 7.91. The smallest absolute Gasteiger partial charge is 0.252 e. The van der Waals surface area contributed by atoms with Crippen LogP contribution in [0, 0.1) is 6.92 Å². The quantitative estimate of drug-likeness (QED) is 0.523. The molecule has 1 rings (SSSR count). The zero-order chi connectivity index (χ0) is 12.3. The van der Waals surface area contributed by atoms with Crippen molar-refractivity contribution in [2.75, 3.05) is 18.9 Å². The summed E-state index contributed by atoms with van der Waals surface area (Å²) in [6, 6.07) is -0.923. The summed E-state index contributed by atoms with van der Waals surface area (Å²) in [4.78, 5) is 3.79. The number of hydrogen-bond acceptors (Lipinski definition) is 7. The Hall–Kier alpha value is -0.740. The van der Waals surface area contributed by atoms with Crippen molar-refractivity contribution < 1.29 is 18.6 Å². The molecule has 0 atom stereocenters. The zero-order valence-electron chi connectivity index (χ0n) is 8.54. The van der Waals surface area contributed by atoms with E-state index in [1.54, 1.807) is 0 Å². The SMILES string of the molecule is Cc1nc(N)sc1S(=O)(=O)NC(CO)CO. The molecule has 0 aliphatic carbocycles. The molecule has 0 saturated heterocycles. The van der Waals surface area contributed by atoms with Gasteiger partial charge in [-0.15, -0.1) is 0 Å². The highest BCUT2D eigenvalue weighted by Crippen LogP contribution is 2.24. The molecule has 0 radical (unpaired) electrons. The molecule has 0 aliphatic heterocycles. The molecule has 0 aromatic carbocycles. The van der Waals surface area contributed by atoms with Crippen LogP contribution in [0.4, 0.5) is 5.13 Å². The lowest BCUT2D eigenvalue weighted by Gasteiger charge is -2.12. The number of nitrogens with one attached hydrogen (secondary N) is 1. The molecule has 1 aromatic heterocycles. The maximum Gasteiger partial charge on any atom is 0.252 e. The Kier molecular flexibility index (Phi) is 4.21. The van der Waals surface area contributed by atoms with Gasteiger partial charge in [0.15, 0.2) is 9.34 Å². The molecular formula is C7H13N3O4S2. The van der Waals surface area contributed by atoms with Crippen molar-refractivity contribution in [2.45, 2.75) is 17.2 Å². The molecule has 0 aliphatic rings. The average molecular weight is 267 g/mol. The molecule has 0 saturated carbocycles. The Morgan fingerprint density at radius 3 is 2.44 bits per heavy atom. The van der Waals surface area contributed by atoms with E-state index in [9.17, 15) is 8.42 Å². The van der Waals surface area contributed by atoms with Crippen LogP contribution in [0.3, 0.4) is 0 Å². The number of nitrogens with two attached hydrogens (primary N) is 1. The Morgan fingerprint density at radius 1 is 1.50 bits per heavy atom. The third-order valence-electron chi connectivity index (χ3n) is 1.78. The van der Waals surface area contributed by atoms with Crippen LogP contribution in [0.25, 0.3) is 0 Å². The minimum atomic E-state index is -3.79. The number of rotatable bonds is 5. The van der Waals surface area contributed by atoms with Crippen LogP contribution < -0.4 is 10.5 Å². The lowest BCUT2D eigenvalue weighted by Crippen LogP contribution is -2.39. The Labute approximate surface area is 97.0 Å². The van der Waals surface area contributed by atoms with E-state index in [1.165, 1.54) is 6.92 Å². The molecular weight excluding hydrogens is 254 g/mol. The van der Waals surface area contributed by atoms with Crippen LogP contribution in [0.2, 0.25) is 0 Å². The van der Waals surface area contributed by atoms with Gasteiger partial charge in [-0.3, -0.25) is 0 Å². The lowest BCUT2D eigenvalue weighted by molar-refractivity contribution is 0.185. The van der Waals surface area contributed by atoms with Gasteiger partial charge in [0, 0.05) is 0 Å². The van der Waals surface area contributed by atoms with Gasteiger partial charge in [0.25, 0.3) is 10.0 Å². The number of anilines is 1. The van der Waals surface area contributed by atoms with Gasteiger partial charge in [-0.05, 0) is 6.92 Å². The van der Waals surface area contributed by atoms with Crippen LogP contribution in [-0.2, 0) is 10.0 Å². The summed E-state index contributed by atoms with van der Waals surface area (Å²) in [7, 11) is -3.79. The molecule has 1 heterocycles. The van der Waals surface area contributed by atoms with Gasteiger partial charge in [-0.2, -0.15) is 0 Å². The highest BCUT2D eigenvalue weighted by Gasteiger charge is 2.24. The molecule has 5 N–H and O–H groups in total. The number of thiazole rings is 1. The summed E-state index contributed by atoms with van der Waals surface area (Å²) >= 11 is 0.837. The first-order valence-corrected chi connectivity index (χ1v) is 6.67. The van der Waals surface area contributed by atoms with E-state index < -0.39 is 29.3 Å². The van der Waals surface area contributed by atoms with E-state index >= 15 is 0 Å². The van der Waals surface area contributed by atoms with Gasteiger partial charge in [0.2, 0.25) is 0 Å². The summed E-state index contributed by atoms with van der Waals surface area (Å²) in [5.41, 5.74) is 5.68. The summed E-state index contributed by atoms with van der Waals surface area (Å²) < 4.78 is 25.7. The number of aliphatic hydroxyl groups is 2. The molecule has 0 fully saturated rings. The third-order valence-corrected chi connectivity index (χ3v) is 4.89. The van der Waals surface area contributed by atoms with Gasteiger partial charge in [-0.25, -0.2) is 18.1 Å². The second-order valence-electron chi connectivity index (χ2n) is 3.11. The molecule has 0 bridgehead atoms. The summed E-state index contributed by atoms with van der Waals surface area (Å²) in [6.45, 7) is 0.556. The van der Waals surface area contributed by atoms with Crippen molar-refractivity contribution in [1.82, 2.24) is 9.71 Å². The standard InChI is InChI=1S/C7H13N3O4S2/c1-4-6(15-7(8)9-4)16(13,14)10-5(2-11)3-12/h5,10-12H,2-3H2,1H3,(H2,8,9). The minimum Gasteiger partial charge on any atom is -0.395 e. The van der Waals surface area contributed by atoms with Crippen molar-refractivity contribution in [2.24, 2.45) is 0 Å². The fraction of sp³-hybridized carbons (Fsp3) is 0.571. The molecule has 16 heavy (non-hydrogen) atoms. The Bertz CT molecular complexity index is 452. The molecule has 7 nitrogen and oxygen atoms in total. The fourth-order valence-electron chi connectivity index (χ4n) is 1.06. The third kappa shape index (κ3) is 2.89. The molecule has 0 unspecified atom stereocenters. The first kappa shape index (κ1) is 13.3. The number of aliphatic hydroxyl groups excluding tert-OH is 2. The molecule has 9 heteroatoms. The van der Waals surface area contributed by atoms with Gasteiger partial charge in [0.1, 0.15) is 0 Å². The van der Waals surface area contributed by atoms with Gasteiger partial charge < -0.3 is 15.9 Å². The Balaban J connectivity index is 2.98. The van der Waals surface area contributed by atoms with Crippen LogP contribution in [-0.4, -0.2) is 42.9 Å². The molecule has 0 spiro atoms. The molecule has 1 aromatic rings. The Morgan fingerprint density at radius 2 is 2.06 bits per heavy atom. The summed E-state index contributed by atoms with van der Waals surface area (Å²) in [5, 5.41) is 17.7. The van der Waals surface area contributed by atoms with Crippen molar-refractivity contribution in [3.63, 3.8) is 0 Å². The monoisotopic (exact) mass is 267 g/mol. The first-order valence-electron chi connectivity index (χ1n) is 4.37. The van der Waals surface area contributed by atoms with Crippen molar-refractivity contribution in [3.8, 4) is 0 Å². The van der Waals surface area contributed by atoms with Crippen molar-refractivity contribution in [1.29, 1.82) is 0 Å². The van der Waals surface area contributed by atoms with Crippen LogP contribution in [0.15, 0.2) is 4.21 Å². The van der Waals surface area contributed by atoms with Crippen molar-refractivity contribution in [3.05, 3.63) is 5.69 Å². The number of aromatic nitrogens is 1. The minimum absolute atomic E-state index is 0.00287.